The average Bonchev–Trinajstić information content (AvgIpc) is 3.35. The van der Waals surface area contributed by atoms with Gasteiger partial charge in [-0.05, 0) is 103 Å². The van der Waals surface area contributed by atoms with Gasteiger partial charge in [0, 0.05) is 19.3 Å². The van der Waals surface area contributed by atoms with E-state index in [0.717, 1.165) is 141 Å². The second-order valence-corrected chi connectivity index (χ2v) is 17.8. The third-order valence-corrected chi connectivity index (χ3v) is 11.2. The Hall–Kier alpha value is -4.45. The first-order valence-electron chi connectivity index (χ1n) is 27.8. The summed E-state index contributed by atoms with van der Waals surface area (Å²) >= 11 is 0. The van der Waals surface area contributed by atoms with Crippen LogP contribution < -0.4 is 0 Å². The van der Waals surface area contributed by atoms with Gasteiger partial charge in [0.15, 0.2) is 6.10 Å². The van der Waals surface area contributed by atoms with Crippen LogP contribution in [0.25, 0.3) is 0 Å². The second-order valence-electron chi connectivity index (χ2n) is 17.8. The molecule has 0 aliphatic rings. The normalized spacial score (nSPS) is 13.1. The molecule has 388 valence electrons. The van der Waals surface area contributed by atoms with Crippen molar-refractivity contribution in [3.05, 3.63) is 134 Å². The van der Waals surface area contributed by atoms with Crippen molar-refractivity contribution in [2.24, 2.45) is 0 Å². The molecule has 1 atom stereocenters. The lowest BCUT2D eigenvalue weighted by molar-refractivity contribution is -0.167. The zero-order chi connectivity index (χ0) is 50.0. The number of hydrogen-bond acceptors (Lipinski definition) is 6. The SMILES string of the molecule is CC/C=C\C/C=C\C/C=C\C/C=C\CCCCCCCCC(=O)OCC(COC(=O)CCCCCCCCC/C=C\C/C=C\CC)OC(=O)CCCCCCC\C=C/C=C\C=C/C=C\C=C/CCC. The molecule has 0 fully saturated rings. The lowest BCUT2D eigenvalue weighted by Crippen LogP contribution is -2.30. The number of rotatable bonds is 48. The van der Waals surface area contributed by atoms with E-state index in [1.807, 2.05) is 24.3 Å². The minimum atomic E-state index is -0.807. The smallest absolute Gasteiger partial charge is 0.306 e. The summed E-state index contributed by atoms with van der Waals surface area (Å²) in [7, 11) is 0. The van der Waals surface area contributed by atoms with Crippen molar-refractivity contribution in [3.63, 3.8) is 0 Å². The van der Waals surface area contributed by atoms with Crippen molar-refractivity contribution in [1.29, 1.82) is 0 Å². The summed E-state index contributed by atoms with van der Waals surface area (Å²) in [6.07, 6.45) is 78.5. The Bertz CT molecular complexity index is 1510. The lowest BCUT2D eigenvalue weighted by atomic mass is 10.1. The van der Waals surface area contributed by atoms with Crippen LogP contribution in [-0.4, -0.2) is 37.2 Å². The van der Waals surface area contributed by atoms with Gasteiger partial charge in [-0.1, -0.05) is 238 Å². The number of ether oxygens (including phenoxy) is 3. The predicted molar refractivity (Wildman–Crippen MR) is 297 cm³/mol. The molecule has 0 aromatic rings. The molecule has 6 nitrogen and oxygen atoms in total. The Kier molecular flexibility index (Phi) is 52.5. The summed E-state index contributed by atoms with van der Waals surface area (Å²) in [4.78, 5) is 38.1. The molecule has 0 aromatic heterocycles. The summed E-state index contributed by atoms with van der Waals surface area (Å²) < 4.78 is 16.8. The van der Waals surface area contributed by atoms with Gasteiger partial charge in [0.1, 0.15) is 13.2 Å². The maximum absolute atomic E-state index is 12.8. The summed E-state index contributed by atoms with van der Waals surface area (Å²) in [5.74, 6) is -0.955. The molecular formula is C63H100O6. The number of allylic oxidation sites excluding steroid dienone is 22. The van der Waals surface area contributed by atoms with Gasteiger partial charge in [-0.3, -0.25) is 14.4 Å². The summed E-state index contributed by atoms with van der Waals surface area (Å²) in [5.41, 5.74) is 0. The van der Waals surface area contributed by atoms with Crippen LogP contribution in [0.1, 0.15) is 226 Å². The molecule has 0 N–H and O–H groups in total. The van der Waals surface area contributed by atoms with Gasteiger partial charge in [0.05, 0.1) is 0 Å². The minimum absolute atomic E-state index is 0.102. The summed E-state index contributed by atoms with van der Waals surface area (Å²) in [6, 6.07) is 0. The van der Waals surface area contributed by atoms with Gasteiger partial charge in [0.25, 0.3) is 0 Å². The molecule has 0 aliphatic carbocycles. The van der Waals surface area contributed by atoms with E-state index in [0.29, 0.717) is 12.8 Å². The Morgan fingerprint density at radius 2 is 0.623 bits per heavy atom. The monoisotopic (exact) mass is 953 g/mol. The van der Waals surface area contributed by atoms with Crippen molar-refractivity contribution in [3.8, 4) is 0 Å². The van der Waals surface area contributed by atoms with Crippen LogP contribution in [0.2, 0.25) is 0 Å². The standard InChI is InChI=1S/C63H100O6/c1-4-7-10-13-16-19-22-25-28-30-32-34-35-38-41-44-47-50-53-56-62(65)68-59-60(58-67-61(64)55-52-49-46-43-40-37-27-24-21-18-15-12-9-6-3)69-63(66)57-54-51-48-45-42-39-36-33-31-29-26-23-20-17-14-11-8-5-2/h7,9-12,14,16-21,23,25-26,28-29,31-34,36,60H,4-6,8,13,15,22,24,27,30,35,37-59H2,1-3H3/b10-7-,12-9-,14-11-,19-16-,20-17-,21-18-,26-23-,28-25-,31-29-,34-32-,36-33-. The topological polar surface area (TPSA) is 78.9 Å². The molecule has 69 heavy (non-hydrogen) atoms. The third-order valence-electron chi connectivity index (χ3n) is 11.2. The summed E-state index contributed by atoms with van der Waals surface area (Å²) in [6.45, 7) is 6.28. The van der Waals surface area contributed by atoms with Crippen LogP contribution in [-0.2, 0) is 28.6 Å². The molecule has 0 aliphatic heterocycles. The van der Waals surface area contributed by atoms with Gasteiger partial charge in [-0.2, -0.15) is 0 Å². The molecule has 0 saturated heterocycles. The summed E-state index contributed by atoms with van der Waals surface area (Å²) in [5, 5.41) is 0. The van der Waals surface area contributed by atoms with Crippen LogP contribution in [0.4, 0.5) is 0 Å². The van der Waals surface area contributed by atoms with Gasteiger partial charge in [0.2, 0.25) is 0 Å². The highest BCUT2D eigenvalue weighted by Gasteiger charge is 2.19. The number of unbranched alkanes of at least 4 members (excludes halogenated alkanes) is 19. The van der Waals surface area contributed by atoms with Crippen molar-refractivity contribution in [2.75, 3.05) is 13.2 Å². The molecule has 6 heteroatoms. The predicted octanol–water partition coefficient (Wildman–Crippen LogP) is 18.6. The highest BCUT2D eigenvalue weighted by atomic mass is 16.6. The first kappa shape index (κ1) is 64.5. The third kappa shape index (κ3) is 54.4. The van der Waals surface area contributed by atoms with Crippen molar-refractivity contribution < 1.29 is 28.6 Å². The van der Waals surface area contributed by atoms with Crippen molar-refractivity contribution in [2.45, 2.75) is 232 Å². The van der Waals surface area contributed by atoms with Gasteiger partial charge >= 0.3 is 17.9 Å². The molecular weight excluding hydrogens is 853 g/mol. The Morgan fingerprint density at radius 3 is 1.01 bits per heavy atom. The van der Waals surface area contributed by atoms with Crippen LogP contribution in [0.5, 0.6) is 0 Å². The Balaban J connectivity index is 4.50. The largest absolute Gasteiger partial charge is 0.462 e. The molecule has 0 aromatic carbocycles. The zero-order valence-electron chi connectivity index (χ0n) is 44.3. The lowest BCUT2D eigenvalue weighted by Gasteiger charge is -2.18. The molecule has 1 unspecified atom stereocenters. The Morgan fingerprint density at radius 1 is 0.319 bits per heavy atom. The number of carbonyl (C=O) groups is 3. The van der Waals surface area contributed by atoms with Crippen LogP contribution in [0.3, 0.4) is 0 Å². The molecule has 0 radical (unpaired) electrons. The quantitative estimate of drug-likeness (QED) is 0.0199. The van der Waals surface area contributed by atoms with Crippen LogP contribution >= 0.6 is 0 Å². The highest BCUT2D eigenvalue weighted by Crippen LogP contribution is 2.14. The maximum atomic E-state index is 12.8. The van der Waals surface area contributed by atoms with Crippen molar-refractivity contribution >= 4 is 17.9 Å². The fourth-order valence-electron chi connectivity index (χ4n) is 7.15. The van der Waals surface area contributed by atoms with E-state index < -0.39 is 6.10 Å². The van der Waals surface area contributed by atoms with E-state index in [2.05, 4.69) is 130 Å². The Labute approximate surface area is 424 Å². The van der Waals surface area contributed by atoms with E-state index in [-0.39, 0.29) is 37.5 Å². The molecule has 0 heterocycles. The second kappa shape index (κ2) is 56.1. The molecule has 0 saturated carbocycles. The van der Waals surface area contributed by atoms with Crippen LogP contribution in [0, 0.1) is 0 Å². The molecule has 0 rings (SSSR count). The molecule has 0 spiro atoms. The number of carbonyl (C=O) groups excluding carboxylic acids is 3. The van der Waals surface area contributed by atoms with E-state index in [9.17, 15) is 14.4 Å². The number of hydrogen-bond donors (Lipinski definition) is 0. The highest BCUT2D eigenvalue weighted by molar-refractivity contribution is 5.71. The maximum Gasteiger partial charge on any atom is 0.306 e. The fourth-order valence-corrected chi connectivity index (χ4v) is 7.15. The van der Waals surface area contributed by atoms with E-state index in [1.165, 1.54) is 44.9 Å². The van der Waals surface area contributed by atoms with Gasteiger partial charge < -0.3 is 14.2 Å². The molecule has 0 bridgehead atoms. The molecule has 0 amide bonds. The van der Waals surface area contributed by atoms with Crippen molar-refractivity contribution in [1.82, 2.24) is 0 Å². The van der Waals surface area contributed by atoms with E-state index in [1.54, 1.807) is 0 Å². The zero-order valence-corrected chi connectivity index (χ0v) is 44.3. The van der Waals surface area contributed by atoms with Crippen LogP contribution in [0.15, 0.2) is 134 Å². The average molecular weight is 953 g/mol. The first-order valence-corrected chi connectivity index (χ1v) is 27.8. The van der Waals surface area contributed by atoms with E-state index >= 15 is 0 Å². The van der Waals surface area contributed by atoms with E-state index in [4.69, 9.17) is 14.2 Å². The first-order chi connectivity index (χ1) is 34.0. The number of esters is 3. The van der Waals surface area contributed by atoms with Gasteiger partial charge in [-0.25, -0.2) is 0 Å². The minimum Gasteiger partial charge on any atom is -0.462 e. The fraction of sp³-hybridized carbons (Fsp3) is 0.603. The van der Waals surface area contributed by atoms with Gasteiger partial charge in [-0.15, -0.1) is 0 Å².